The summed E-state index contributed by atoms with van der Waals surface area (Å²) in [6.07, 6.45) is -1.51. The lowest BCUT2D eigenvalue weighted by Crippen LogP contribution is -2.46. The third-order valence-corrected chi connectivity index (χ3v) is 6.72. The summed E-state index contributed by atoms with van der Waals surface area (Å²) in [5, 5.41) is 5.73. The Morgan fingerprint density at radius 2 is 1.60 bits per heavy atom. The highest BCUT2D eigenvalue weighted by Gasteiger charge is 2.47. The Kier molecular flexibility index (Phi) is 7.87. The molecule has 0 bridgehead atoms. The van der Waals surface area contributed by atoms with Gasteiger partial charge in [0.05, 0.1) is 6.54 Å². The second kappa shape index (κ2) is 11.8. The molecule has 4 aromatic rings. The summed E-state index contributed by atoms with van der Waals surface area (Å²) in [7, 11) is 0. The smallest absolute Gasteiger partial charge is 0.411 e. The highest BCUT2D eigenvalue weighted by atomic mass is 19.1. The van der Waals surface area contributed by atoms with E-state index in [9.17, 15) is 18.8 Å². The number of halogens is 1. The van der Waals surface area contributed by atoms with Crippen LogP contribution in [0.4, 0.5) is 14.9 Å². The van der Waals surface area contributed by atoms with Crippen molar-refractivity contribution in [1.29, 1.82) is 0 Å². The number of nitrogens with one attached hydrogen (secondary N) is 2. The van der Waals surface area contributed by atoms with E-state index in [1.807, 2.05) is 61.5 Å². The van der Waals surface area contributed by atoms with Crippen LogP contribution in [0.3, 0.4) is 0 Å². The zero-order chi connectivity index (χ0) is 28.1. The van der Waals surface area contributed by atoms with E-state index in [2.05, 4.69) is 10.6 Å². The van der Waals surface area contributed by atoms with Crippen LogP contribution in [-0.4, -0.2) is 28.8 Å². The van der Waals surface area contributed by atoms with Gasteiger partial charge in [-0.15, -0.1) is 0 Å². The van der Waals surface area contributed by atoms with Crippen molar-refractivity contribution < 1.29 is 23.5 Å². The molecule has 1 heterocycles. The fourth-order valence-corrected chi connectivity index (χ4v) is 4.59. The predicted molar refractivity (Wildman–Crippen MR) is 149 cm³/mol. The zero-order valence-electron chi connectivity index (χ0n) is 21.8. The molecule has 4 aromatic carbocycles. The average molecular weight is 538 g/mol. The zero-order valence-corrected chi connectivity index (χ0v) is 21.8. The van der Waals surface area contributed by atoms with E-state index in [0.29, 0.717) is 23.4 Å². The molecule has 1 saturated heterocycles. The number of amides is 3. The Hall–Kier alpha value is -4.98. The Bertz CT molecular complexity index is 1510. The third-order valence-electron chi connectivity index (χ3n) is 6.72. The number of hydrogen-bond acceptors (Lipinski definition) is 4. The molecule has 5 rings (SSSR count). The number of rotatable bonds is 8. The molecule has 1 aliphatic heterocycles. The van der Waals surface area contributed by atoms with Gasteiger partial charge in [0.25, 0.3) is 5.91 Å². The van der Waals surface area contributed by atoms with Crippen LogP contribution in [0.5, 0.6) is 0 Å². The molecule has 3 amide bonds. The molecule has 7 nitrogen and oxygen atoms in total. The maximum Gasteiger partial charge on any atom is 0.411 e. The first kappa shape index (κ1) is 26.6. The molecule has 202 valence electrons. The van der Waals surface area contributed by atoms with Gasteiger partial charge < -0.3 is 15.4 Å². The van der Waals surface area contributed by atoms with Gasteiger partial charge in [0.1, 0.15) is 5.82 Å². The molecule has 0 radical (unpaired) electrons. The summed E-state index contributed by atoms with van der Waals surface area (Å²) in [5.74, 6) is -1.21. The molecule has 1 fully saturated rings. The first-order valence-corrected chi connectivity index (χ1v) is 12.9. The van der Waals surface area contributed by atoms with Crippen LogP contribution < -0.4 is 10.6 Å². The van der Waals surface area contributed by atoms with Crippen LogP contribution in [0, 0.1) is 12.7 Å². The predicted octanol–water partition coefficient (Wildman–Crippen LogP) is 5.76. The van der Waals surface area contributed by atoms with Crippen molar-refractivity contribution in [3.05, 3.63) is 137 Å². The molecule has 0 aliphatic carbocycles. The van der Waals surface area contributed by atoms with Gasteiger partial charge in [-0.3, -0.25) is 14.5 Å². The van der Waals surface area contributed by atoms with E-state index < -0.39 is 30.0 Å². The Balaban J connectivity index is 1.40. The summed E-state index contributed by atoms with van der Waals surface area (Å²) in [4.78, 5) is 40.8. The van der Waals surface area contributed by atoms with Crippen molar-refractivity contribution in [2.75, 3.05) is 5.32 Å². The standard InChI is InChI=1S/C32H28FN3O4/c1-21-10-12-23(13-11-21)20-36-28(31(38)34-19-22-6-3-2-4-7-22)29(40-32(36)39)25-8-5-9-27(18-25)35-30(37)24-14-16-26(33)17-15-24/h2-18,28-29H,19-20H2,1H3,(H,34,38)(H,35,37)/t28-,29-/m1/s1. The summed E-state index contributed by atoms with van der Waals surface area (Å²) in [6.45, 7) is 2.47. The summed E-state index contributed by atoms with van der Waals surface area (Å²) >= 11 is 0. The van der Waals surface area contributed by atoms with Crippen LogP contribution in [0.25, 0.3) is 0 Å². The van der Waals surface area contributed by atoms with Crippen molar-refractivity contribution in [3.63, 3.8) is 0 Å². The second-order valence-corrected chi connectivity index (χ2v) is 9.65. The second-order valence-electron chi connectivity index (χ2n) is 9.65. The fraction of sp³-hybridized carbons (Fsp3) is 0.156. The molecule has 0 saturated carbocycles. The minimum Gasteiger partial charge on any atom is -0.438 e. The molecule has 2 N–H and O–H groups in total. The van der Waals surface area contributed by atoms with Crippen LogP contribution in [-0.2, 0) is 22.6 Å². The maximum atomic E-state index is 13.6. The largest absolute Gasteiger partial charge is 0.438 e. The molecule has 0 spiro atoms. The van der Waals surface area contributed by atoms with Gasteiger partial charge in [-0.25, -0.2) is 9.18 Å². The normalized spacial score (nSPS) is 16.4. The average Bonchev–Trinajstić information content (AvgIpc) is 3.29. The Morgan fingerprint density at radius 3 is 2.33 bits per heavy atom. The monoisotopic (exact) mass is 537 g/mol. The number of nitrogens with zero attached hydrogens (tertiary/aromatic N) is 1. The van der Waals surface area contributed by atoms with Gasteiger partial charge in [0.15, 0.2) is 12.1 Å². The highest BCUT2D eigenvalue weighted by Crippen LogP contribution is 2.35. The third kappa shape index (κ3) is 6.18. The van der Waals surface area contributed by atoms with E-state index in [1.54, 1.807) is 24.3 Å². The maximum absolute atomic E-state index is 13.6. The summed E-state index contributed by atoms with van der Waals surface area (Å²) in [6, 6.07) is 28.3. The lowest BCUT2D eigenvalue weighted by atomic mass is 9.99. The number of aryl methyl sites for hydroxylation is 1. The number of carbonyl (C=O) groups is 3. The van der Waals surface area contributed by atoms with Crippen LogP contribution in [0.15, 0.2) is 103 Å². The van der Waals surface area contributed by atoms with Crippen molar-refractivity contribution >= 4 is 23.6 Å². The van der Waals surface area contributed by atoms with Crippen molar-refractivity contribution in [2.24, 2.45) is 0 Å². The van der Waals surface area contributed by atoms with E-state index in [1.165, 1.54) is 29.2 Å². The van der Waals surface area contributed by atoms with E-state index >= 15 is 0 Å². The van der Waals surface area contributed by atoms with E-state index in [-0.39, 0.29) is 12.5 Å². The van der Waals surface area contributed by atoms with Gasteiger partial charge in [-0.05, 0) is 60.0 Å². The van der Waals surface area contributed by atoms with Gasteiger partial charge in [0.2, 0.25) is 5.91 Å². The number of anilines is 1. The molecule has 0 unspecified atom stereocenters. The molecular weight excluding hydrogens is 509 g/mol. The first-order chi connectivity index (χ1) is 19.4. The van der Waals surface area contributed by atoms with Crippen molar-refractivity contribution in [3.8, 4) is 0 Å². The fourth-order valence-electron chi connectivity index (χ4n) is 4.59. The molecule has 2 atom stereocenters. The molecular formula is C32H28FN3O4. The lowest BCUT2D eigenvalue weighted by Gasteiger charge is -2.24. The van der Waals surface area contributed by atoms with E-state index in [4.69, 9.17) is 4.74 Å². The summed E-state index contributed by atoms with van der Waals surface area (Å²) in [5.41, 5.74) is 4.17. The minimum absolute atomic E-state index is 0.194. The van der Waals surface area contributed by atoms with Gasteiger partial charge in [-0.1, -0.05) is 72.3 Å². The minimum atomic E-state index is -0.944. The van der Waals surface area contributed by atoms with E-state index in [0.717, 1.165) is 16.7 Å². The lowest BCUT2D eigenvalue weighted by molar-refractivity contribution is -0.126. The first-order valence-electron chi connectivity index (χ1n) is 12.9. The van der Waals surface area contributed by atoms with Crippen molar-refractivity contribution in [2.45, 2.75) is 32.2 Å². The number of ether oxygens (including phenoxy) is 1. The molecule has 1 aliphatic rings. The number of cyclic esters (lactones) is 1. The van der Waals surface area contributed by atoms with Crippen LogP contribution in [0.2, 0.25) is 0 Å². The van der Waals surface area contributed by atoms with Gasteiger partial charge in [0, 0.05) is 17.8 Å². The number of hydrogen-bond donors (Lipinski definition) is 2. The quantitative estimate of drug-likeness (QED) is 0.299. The number of carbonyl (C=O) groups excluding carboxylic acids is 3. The molecule has 0 aromatic heterocycles. The van der Waals surface area contributed by atoms with Crippen LogP contribution in [0.1, 0.15) is 38.7 Å². The Labute approximate surface area is 231 Å². The summed E-state index contributed by atoms with van der Waals surface area (Å²) < 4.78 is 19.0. The van der Waals surface area contributed by atoms with Crippen LogP contribution >= 0.6 is 0 Å². The van der Waals surface area contributed by atoms with Gasteiger partial charge >= 0.3 is 6.09 Å². The SMILES string of the molecule is Cc1ccc(CN2C(=O)O[C@H](c3cccc(NC(=O)c4ccc(F)cc4)c3)[C@@H]2C(=O)NCc2ccccc2)cc1. The van der Waals surface area contributed by atoms with Gasteiger partial charge in [-0.2, -0.15) is 0 Å². The molecule has 40 heavy (non-hydrogen) atoms. The topological polar surface area (TPSA) is 87.7 Å². The highest BCUT2D eigenvalue weighted by molar-refractivity contribution is 6.04. The Morgan fingerprint density at radius 1 is 0.875 bits per heavy atom. The number of benzene rings is 4. The van der Waals surface area contributed by atoms with Crippen molar-refractivity contribution in [1.82, 2.24) is 10.2 Å². The molecule has 8 heteroatoms.